The second-order valence-electron chi connectivity index (χ2n) is 7.89. The van der Waals surface area contributed by atoms with Crippen LogP contribution in [0.4, 0.5) is 5.69 Å². The number of thioether (sulfide) groups is 1. The van der Waals surface area contributed by atoms with E-state index < -0.39 is 5.25 Å². The Bertz CT molecular complexity index is 1200. The third-order valence-electron chi connectivity index (χ3n) is 5.32. The Morgan fingerprint density at radius 3 is 2.53 bits per heavy atom. The van der Waals surface area contributed by atoms with Crippen molar-refractivity contribution in [2.24, 2.45) is 7.05 Å². The number of aryl methyl sites for hydroxylation is 1. The number of nitrogens with one attached hydrogen (secondary N) is 2. The van der Waals surface area contributed by atoms with Crippen LogP contribution in [0.5, 0.6) is 5.75 Å². The van der Waals surface area contributed by atoms with E-state index in [1.54, 1.807) is 25.6 Å². The van der Waals surface area contributed by atoms with Crippen LogP contribution in [0.2, 0.25) is 0 Å². The summed E-state index contributed by atoms with van der Waals surface area (Å²) in [6.45, 7) is 6.21. The van der Waals surface area contributed by atoms with Gasteiger partial charge in [-0.3, -0.25) is 19.1 Å². The van der Waals surface area contributed by atoms with Crippen LogP contribution < -0.4 is 20.9 Å². The van der Waals surface area contributed by atoms with Crippen molar-refractivity contribution in [1.82, 2.24) is 14.7 Å². The van der Waals surface area contributed by atoms with Crippen molar-refractivity contribution in [3.05, 3.63) is 76.2 Å². The zero-order valence-electron chi connectivity index (χ0n) is 19.8. The number of hydrogen-bond acceptors (Lipinski definition) is 5. The van der Waals surface area contributed by atoms with E-state index in [9.17, 15) is 14.4 Å². The van der Waals surface area contributed by atoms with Gasteiger partial charge in [0.2, 0.25) is 11.8 Å². The predicted octanol–water partition coefficient (Wildman–Crippen LogP) is 3.05. The van der Waals surface area contributed by atoms with Gasteiger partial charge in [-0.25, -0.2) is 4.68 Å². The van der Waals surface area contributed by atoms with Gasteiger partial charge in [0.25, 0.3) is 5.56 Å². The minimum atomic E-state index is -0.515. The number of amides is 2. The van der Waals surface area contributed by atoms with Crippen molar-refractivity contribution in [3.63, 3.8) is 0 Å². The highest BCUT2D eigenvalue weighted by Gasteiger charge is 2.21. The first-order valence-electron chi connectivity index (χ1n) is 11.0. The van der Waals surface area contributed by atoms with Gasteiger partial charge in [0.15, 0.2) is 0 Å². The minimum absolute atomic E-state index is 0.126. The lowest BCUT2D eigenvalue weighted by Gasteiger charge is -2.12. The van der Waals surface area contributed by atoms with Crippen LogP contribution in [0.25, 0.3) is 5.69 Å². The highest BCUT2D eigenvalue weighted by atomic mass is 32.2. The summed E-state index contributed by atoms with van der Waals surface area (Å²) in [7, 11) is 1.77. The van der Waals surface area contributed by atoms with Crippen LogP contribution in [0, 0.1) is 13.8 Å². The molecule has 0 spiro atoms. The molecule has 34 heavy (non-hydrogen) atoms. The highest BCUT2D eigenvalue weighted by molar-refractivity contribution is 8.01. The summed E-state index contributed by atoms with van der Waals surface area (Å²) >= 11 is 1.21. The molecule has 0 bridgehead atoms. The second kappa shape index (κ2) is 11.6. The van der Waals surface area contributed by atoms with E-state index in [4.69, 9.17) is 4.74 Å². The van der Waals surface area contributed by atoms with Crippen LogP contribution >= 0.6 is 11.8 Å². The number of nitrogens with zero attached hydrogens (tertiary/aromatic N) is 2. The maximum Gasteiger partial charge on any atom is 0.295 e. The SMILES string of the molecule is Cc1cccc(OCCNC(=O)CSC(C)C(=O)Nc2c(C)n(C)n(-c3ccccc3)c2=O)c1. The zero-order chi connectivity index (χ0) is 24.7. The van der Waals surface area contributed by atoms with Gasteiger partial charge in [-0.1, -0.05) is 30.3 Å². The monoisotopic (exact) mass is 482 g/mol. The van der Waals surface area contributed by atoms with Crippen molar-refractivity contribution in [2.75, 3.05) is 24.2 Å². The third kappa shape index (κ3) is 6.32. The maximum atomic E-state index is 12.9. The van der Waals surface area contributed by atoms with Crippen molar-refractivity contribution < 1.29 is 14.3 Å². The molecule has 9 heteroatoms. The van der Waals surface area contributed by atoms with Gasteiger partial charge in [-0.15, -0.1) is 11.8 Å². The topological polar surface area (TPSA) is 94.4 Å². The second-order valence-corrected chi connectivity index (χ2v) is 9.22. The van der Waals surface area contributed by atoms with Crippen LogP contribution in [0.3, 0.4) is 0 Å². The van der Waals surface area contributed by atoms with Crippen LogP contribution in [0.15, 0.2) is 59.4 Å². The van der Waals surface area contributed by atoms with Gasteiger partial charge < -0.3 is 15.4 Å². The van der Waals surface area contributed by atoms with Gasteiger partial charge in [-0.05, 0) is 50.6 Å². The molecule has 0 aliphatic carbocycles. The average Bonchev–Trinajstić information content (AvgIpc) is 3.03. The molecule has 3 aromatic rings. The standard InChI is InChI=1S/C25H30N4O4S/c1-17-9-8-12-21(15-17)33-14-13-26-22(30)16-34-19(3)24(31)27-23-18(2)28(4)29(25(23)32)20-10-6-5-7-11-20/h5-12,15,19H,13-14,16H2,1-4H3,(H,26,30)(H,27,31). The number of aromatic nitrogens is 2. The molecule has 180 valence electrons. The molecule has 1 aromatic heterocycles. The van der Waals surface area contributed by atoms with E-state index in [2.05, 4.69) is 10.6 Å². The van der Waals surface area contributed by atoms with Crippen LogP contribution in [0.1, 0.15) is 18.2 Å². The molecule has 0 aliphatic rings. The smallest absolute Gasteiger partial charge is 0.295 e. The van der Waals surface area contributed by atoms with Crippen molar-refractivity contribution in [3.8, 4) is 11.4 Å². The van der Waals surface area contributed by atoms with Gasteiger partial charge >= 0.3 is 0 Å². The summed E-state index contributed by atoms with van der Waals surface area (Å²) in [5, 5.41) is 5.01. The lowest BCUT2D eigenvalue weighted by Crippen LogP contribution is -2.32. The quantitative estimate of drug-likeness (QED) is 0.433. The molecule has 3 rings (SSSR count). The van der Waals surface area contributed by atoms with Crippen molar-refractivity contribution in [1.29, 1.82) is 0 Å². The Morgan fingerprint density at radius 1 is 1.09 bits per heavy atom. The number of rotatable bonds is 10. The first kappa shape index (κ1) is 25.2. The molecule has 2 aromatic carbocycles. The van der Waals surface area contributed by atoms with E-state index >= 15 is 0 Å². The van der Waals surface area contributed by atoms with Crippen molar-refractivity contribution >= 4 is 29.3 Å². The van der Waals surface area contributed by atoms with Gasteiger partial charge in [0.05, 0.1) is 28.9 Å². The fraction of sp³-hybridized carbons (Fsp3) is 0.320. The first-order valence-corrected chi connectivity index (χ1v) is 12.1. The molecule has 2 amide bonds. The maximum absolute atomic E-state index is 12.9. The number of carbonyl (C=O) groups excluding carboxylic acids is 2. The Hall–Kier alpha value is -3.46. The Kier molecular flexibility index (Phi) is 8.59. The summed E-state index contributed by atoms with van der Waals surface area (Å²) in [6.07, 6.45) is 0. The van der Waals surface area contributed by atoms with Gasteiger partial charge in [-0.2, -0.15) is 0 Å². The largest absolute Gasteiger partial charge is 0.492 e. The lowest BCUT2D eigenvalue weighted by molar-refractivity contribution is -0.118. The molecule has 8 nitrogen and oxygen atoms in total. The number of hydrogen-bond donors (Lipinski definition) is 2. The van der Waals surface area contributed by atoms with E-state index in [0.717, 1.165) is 11.3 Å². The molecule has 0 fully saturated rings. The molecule has 1 heterocycles. The fourth-order valence-corrected chi connectivity index (χ4v) is 4.04. The molecule has 0 saturated carbocycles. The van der Waals surface area contributed by atoms with Gasteiger partial charge in [0, 0.05) is 7.05 Å². The predicted molar refractivity (Wildman–Crippen MR) is 136 cm³/mol. The van der Waals surface area contributed by atoms with E-state index in [1.807, 2.05) is 61.5 Å². The molecule has 0 aliphatic heterocycles. The minimum Gasteiger partial charge on any atom is -0.492 e. The Morgan fingerprint density at radius 2 is 1.82 bits per heavy atom. The number of benzene rings is 2. The summed E-state index contributed by atoms with van der Waals surface area (Å²) < 4.78 is 8.83. The van der Waals surface area contributed by atoms with E-state index in [0.29, 0.717) is 24.5 Å². The molecule has 0 saturated heterocycles. The highest BCUT2D eigenvalue weighted by Crippen LogP contribution is 2.17. The molecule has 0 radical (unpaired) electrons. The molecular formula is C25H30N4O4S. The number of para-hydroxylation sites is 1. The average molecular weight is 483 g/mol. The first-order chi connectivity index (χ1) is 16.3. The van der Waals surface area contributed by atoms with Gasteiger partial charge in [0.1, 0.15) is 18.0 Å². The number of ether oxygens (including phenoxy) is 1. The van der Waals surface area contributed by atoms with Crippen LogP contribution in [-0.2, 0) is 16.6 Å². The summed E-state index contributed by atoms with van der Waals surface area (Å²) in [5.41, 5.74) is 2.40. The Balaban J connectivity index is 1.48. The molecule has 1 unspecified atom stereocenters. The molecular weight excluding hydrogens is 452 g/mol. The van der Waals surface area contributed by atoms with E-state index in [-0.39, 0.29) is 28.8 Å². The Labute approximate surface area is 203 Å². The molecule has 2 N–H and O–H groups in total. The van der Waals surface area contributed by atoms with Crippen LogP contribution in [-0.4, -0.2) is 45.3 Å². The molecule has 1 atom stereocenters. The normalized spacial score (nSPS) is 11.6. The summed E-state index contributed by atoms with van der Waals surface area (Å²) in [6, 6.07) is 16.9. The van der Waals surface area contributed by atoms with Crippen molar-refractivity contribution in [2.45, 2.75) is 26.0 Å². The number of anilines is 1. The summed E-state index contributed by atoms with van der Waals surface area (Å²) in [4.78, 5) is 37.8. The van der Waals surface area contributed by atoms with E-state index in [1.165, 1.54) is 16.4 Å². The summed E-state index contributed by atoms with van der Waals surface area (Å²) in [5.74, 6) is 0.379. The fourth-order valence-electron chi connectivity index (χ4n) is 3.33. The zero-order valence-corrected chi connectivity index (χ0v) is 20.6. The lowest BCUT2D eigenvalue weighted by atomic mass is 10.2. The number of carbonyl (C=O) groups is 2. The third-order valence-corrected chi connectivity index (χ3v) is 6.46.